The number of hydrogen-bond donors (Lipinski definition) is 0. The third-order valence-corrected chi connectivity index (χ3v) is 7.16. The highest BCUT2D eigenvalue weighted by molar-refractivity contribution is 9.15. The fraction of sp³-hybridized carbons (Fsp3) is 0.214. The maximum Gasteiger partial charge on any atom is 0.311 e. The zero-order chi connectivity index (χ0) is 25.2. The number of allylic oxidation sites excluding steroid dienone is 1. The predicted octanol–water partition coefficient (Wildman–Crippen LogP) is 8.09. The van der Waals surface area contributed by atoms with Crippen molar-refractivity contribution in [2.45, 2.75) is 20.0 Å². The van der Waals surface area contributed by atoms with Crippen LogP contribution < -0.4 is 4.74 Å². The Kier molecular flexibility index (Phi) is 7.30. The maximum absolute atomic E-state index is 14.3. The SMILES string of the molecule is CC1(C)C(/C=C(\Br)c2ccc(Cl)cc2)C1C(=O)OC(C#N)c1ccc(F)c(Oc2ccccc2)c1. The zero-order valence-corrected chi connectivity index (χ0v) is 21.4. The van der Waals surface area contributed by atoms with E-state index in [9.17, 15) is 14.4 Å². The van der Waals surface area contributed by atoms with Crippen LogP contribution in [0.4, 0.5) is 4.39 Å². The lowest BCUT2D eigenvalue weighted by atomic mass is 10.1. The summed E-state index contributed by atoms with van der Waals surface area (Å²) in [4.78, 5) is 13.0. The topological polar surface area (TPSA) is 59.3 Å². The van der Waals surface area contributed by atoms with E-state index >= 15 is 0 Å². The number of ether oxygens (including phenoxy) is 2. The van der Waals surface area contributed by atoms with Crippen molar-refractivity contribution in [3.05, 3.63) is 101 Å². The summed E-state index contributed by atoms with van der Waals surface area (Å²) in [6.07, 6.45) is 0.794. The summed E-state index contributed by atoms with van der Waals surface area (Å²) in [6.45, 7) is 3.96. The van der Waals surface area contributed by atoms with Crippen LogP contribution in [-0.4, -0.2) is 5.97 Å². The van der Waals surface area contributed by atoms with E-state index in [1.54, 1.807) is 36.4 Å². The summed E-state index contributed by atoms with van der Waals surface area (Å²) in [5.74, 6) is -1.15. The largest absolute Gasteiger partial charge is 0.454 e. The Balaban J connectivity index is 1.49. The van der Waals surface area contributed by atoms with E-state index in [2.05, 4.69) is 15.9 Å². The molecule has 178 valence electrons. The molecule has 4 rings (SSSR count). The molecule has 0 amide bonds. The van der Waals surface area contributed by atoms with Gasteiger partial charge in [0, 0.05) is 15.1 Å². The molecule has 0 saturated heterocycles. The van der Waals surface area contributed by atoms with Gasteiger partial charge >= 0.3 is 5.97 Å². The number of para-hydroxylation sites is 1. The van der Waals surface area contributed by atoms with Gasteiger partial charge in [0.15, 0.2) is 11.6 Å². The molecule has 3 atom stereocenters. The molecule has 1 fully saturated rings. The molecule has 1 saturated carbocycles. The average Bonchev–Trinajstić information content (AvgIpc) is 3.39. The highest BCUT2D eigenvalue weighted by Gasteiger charge is 2.62. The summed E-state index contributed by atoms with van der Waals surface area (Å²) < 4.78 is 26.4. The highest BCUT2D eigenvalue weighted by Crippen LogP contribution is 2.60. The number of esters is 1. The molecule has 7 heteroatoms. The molecule has 0 N–H and O–H groups in total. The van der Waals surface area contributed by atoms with Gasteiger partial charge in [0.25, 0.3) is 0 Å². The number of carbonyl (C=O) groups is 1. The van der Waals surface area contributed by atoms with Crippen molar-refractivity contribution < 1.29 is 18.7 Å². The van der Waals surface area contributed by atoms with Crippen LogP contribution in [0.1, 0.15) is 31.1 Å². The van der Waals surface area contributed by atoms with Crippen molar-refractivity contribution >= 4 is 38.0 Å². The first-order valence-corrected chi connectivity index (χ1v) is 12.1. The minimum Gasteiger partial charge on any atom is -0.454 e. The lowest BCUT2D eigenvalue weighted by Gasteiger charge is -2.14. The van der Waals surface area contributed by atoms with Crippen molar-refractivity contribution in [3.63, 3.8) is 0 Å². The predicted molar refractivity (Wildman–Crippen MR) is 136 cm³/mol. The maximum atomic E-state index is 14.3. The van der Waals surface area contributed by atoms with Gasteiger partial charge in [-0.25, -0.2) is 4.39 Å². The van der Waals surface area contributed by atoms with Crippen molar-refractivity contribution in [2.24, 2.45) is 17.3 Å². The molecule has 3 aromatic rings. The Labute approximate surface area is 217 Å². The number of benzene rings is 3. The Hall–Kier alpha value is -3.14. The molecule has 35 heavy (non-hydrogen) atoms. The van der Waals surface area contributed by atoms with Gasteiger partial charge in [0.1, 0.15) is 11.8 Å². The Morgan fingerprint density at radius 1 is 1.14 bits per heavy atom. The molecular formula is C28H22BrClFNO3. The number of hydrogen-bond acceptors (Lipinski definition) is 4. The van der Waals surface area contributed by atoms with Gasteiger partial charge in [-0.3, -0.25) is 4.79 Å². The fourth-order valence-corrected chi connectivity index (χ4v) is 4.71. The van der Waals surface area contributed by atoms with E-state index in [0.29, 0.717) is 16.3 Å². The van der Waals surface area contributed by atoms with Crippen LogP contribution in [0.2, 0.25) is 5.02 Å². The standard InChI is InChI=1S/C28H22BrClFNO3/c1-28(2)21(15-22(29)17-8-11-19(30)12-9-17)26(28)27(33)35-25(16-32)18-10-13-23(31)24(14-18)34-20-6-4-3-5-7-20/h3-15,21,25-26H,1-2H3/b22-15-. The molecule has 0 radical (unpaired) electrons. The Bertz CT molecular complexity index is 1300. The number of nitrogens with zero attached hydrogens (tertiary/aromatic N) is 1. The summed E-state index contributed by atoms with van der Waals surface area (Å²) >= 11 is 9.55. The van der Waals surface area contributed by atoms with E-state index in [-0.39, 0.29) is 17.1 Å². The first-order valence-electron chi connectivity index (χ1n) is 11.0. The minimum absolute atomic E-state index is 0.0514. The number of halogens is 3. The average molecular weight is 555 g/mol. The molecule has 3 aromatic carbocycles. The van der Waals surface area contributed by atoms with Crippen LogP contribution in [0, 0.1) is 34.4 Å². The van der Waals surface area contributed by atoms with Gasteiger partial charge in [-0.15, -0.1) is 0 Å². The van der Waals surface area contributed by atoms with Crippen molar-refractivity contribution in [1.29, 1.82) is 5.26 Å². The van der Waals surface area contributed by atoms with Crippen molar-refractivity contribution in [3.8, 4) is 17.6 Å². The molecule has 0 aliphatic heterocycles. The lowest BCUT2D eigenvalue weighted by molar-refractivity contribution is -0.149. The van der Waals surface area contributed by atoms with Crippen LogP contribution in [0.5, 0.6) is 11.5 Å². The zero-order valence-electron chi connectivity index (χ0n) is 19.0. The highest BCUT2D eigenvalue weighted by atomic mass is 79.9. The second kappa shape index (κ2) is 10.2. The second-order valence-corrected chi connectivity index (χ2v) is 10.2. The lowest BCUT2D eigenvalue weighted by Crippen LogP contribution is -2.14. The molecular weight excluding hydrogens is 533 g/mol. The van der Waals surface area contributed by atoms with Crippen LogP contribution in [-0.2, 0) is 9.53 Å². The molecule has 0 heterocycles. The molecule has 0 spiro atoms. The second-order valence-electron chi connectivity index (χ2n) is 8.90. The molecule has 1 aliphatic carbocycles. The summed E-state index contributed by atoms with van der Waals surface area (Å²) in [5.41, 5.74) is 0.935. The smallest absolute Gasteiger partial charge is 0.311 e. The van der Waals surface area contributed by atoms with Crippen LogP contribution >= 0.6 is 27.5 Å². The summed E-state index contributed by atoms with van der Waals surface area (Å²) in [7, 11) is 0. The molecule has 0 aromatic heterocycles. The van der Waals surface area contributed by atoms with E-state index < -0.39 is 23.8 Å². The first kappa shape index (κ1) is 25.0. The van der Waals surface area contributed by atoms with Crippen molar-refractivity contribution in [2.75, 3.05) is 0 Å². The summed E-state index contributed by atoms with van der Waals surface area (Å²) in [5, 5.41) is 10.3. The van der Waals surface area contributed by atoms with Gasteiger partial charge in [-0.1, -0.05) is 83.9 Å². The molecule has 4 nitrogen and oxygen atoms in total. The first-order chi connectivity index (χ1) is 16.7. The van der Waals surface area contributed by atoms with Crippen molar-refractivity contribution in [1.82, 2.24) is 0 Å². The fourth-order valence-electron chi connectivity index (χ4n) is 4.04. The van der Waals surface area contributed by atoms with Gasteiger partial charge in [-0.2, -0.15) is 5.26 Å². The summed E-state index contributed by atoms with van der Waals surface area (Å²) in [6, 6.07) is 22.1. The van der Waals surface area contributed by atoms with Gasteiger partial charge in [-0.05, 0) is 53.3 Å². The van der Waals surface area contributed by atoms with Crippen LogP contribution in [0.15, 0.2) is 78.9 Å². The number of nitriles is 1. The van der Waals surface area contributed by atoms with E-state index in [1.165, 1.54) is 18.2 Å². The molecule has 3 unspecified atom stereocenters. The van der Waals surface area contributed by atoms with E-state index in [4.69, 9.17) is 21.1 Å². The van der Waals surface area contributed by atoms with Gasteiger partial charge in [0.2, 0.25) is 6.10 Å². The molecule has 0 bridgehead atoms. The number of carbonyl (C=O) groups excluding carboxylic acids is 1. The van der Waals surface area contributed by atoms with Gasteiger partial charge in [0.05, 0.1) is 5.92 Å². The van der Waals surface area contributed by atoms with E-state index in [1.807, 2.05) is 44.2 Å². The molecule has 1 aliphatic rings. The third kappa shape index (κ3) is 5.58. The third-order valence-electron chi connectivity index (χ3n) is 6.19. The normalized spacial score (nSPS) is 19.4. The van der Waals surface area contributed by atoms with Gasteiger partial charge < -0.3 is 9.47 Å². The Morgan fingerprint density at radius 2 is 1.83 bits per heavy atom. The monoisotopic (exact) mass is 553 g/mol. The quantitative estimate of drug-likeness (QED) is 0.277. The van der Waals surface area contributed by atoms with E-state index in [0.717, 1.165) is 10.0 Å². The minimum atomic E-state index is -1.19. The van der Waals surface area contributed by atoms with Crippen LogP contribution in [0.25, 0.3) is 4.48 Å². The Morgan fingerprint density at radius 3 is 2.49 bits per heavy atom. The van der Waals surface area contributed by atoms with Crippen LogP contribution in [0.3, 0.4) is 0 Å². The number of rotatable bonds is 7.